The van der Waals surface area contributed by atoms with Crippen LogP contribution in [0.3, 0.4) is 0 Å². The quantitative estimate of drug-likeness (QED) is 0.787. The number of amides is 1. The van der Waals surface area contributed by atoms with Gasteiger partial charge in [-0.05, 0) is 38.5 Å². The van der Waals surface area contributed by atoms with Crippen molar-refractivity contribution < 1.29 is 9.18 Å². The molecule has 1 heterocycles. The minimum atomic E-state index is -0.675. The molecular weight excluding hydrogens is 245 g/mol. The molecule has 0 atom stereocenters. The average Bonchev–Trinajstić information content (AvgIpc) is 2.32. The Morgan fingerprint density at radius 3 is 2.58 bits per heavy atom. The molecule has 0 aromatic heterocycles. The molecule has 1 amide bonds. The van der Waals surface area contributed by atoms with Crippen molar-refractivity contribution in [3.05, 3.63) is 23.5 Å². The number of carbonyl (C=O) groups excluding carboxylic acids is 1. The zero-order chi connectivity index (χ0) is 14.4. The Labute approximate surface area is 113 Å². The van der Waals surface area contributed by atoms with E-state index in [0.717, 1.165) is 5.69 Å². The highest BCUT2D eigenvalue weighted by molar-refractivity contribution is 5.91. The molecule has 2 rings (SSSR count). The predicted octanol–water partition coefficient (Wildman–Crippen LogP) is 1.77. The van der Waals surface area contributed by atoms with Gasteiger partial charge < -0.3 is 15.5 Å². The zero-order valence-electron chi connectivity index (χ0n) is 11.8. The Balaban J connectivity index is 2.47. The summed E-state index contributed by atoms with van der Waals surface area (Å²) in [7, 11) is 1.79. The van der Waals surface area contributed by atoms with Crippen LogP contribution in [0.25, 0.3) is 0 Å². The molecule has 2 N–H and O–H groups in total. The molecule has 19 heavy (non-hydrogen) atoms. The summed E-state index contributed by atoms with van der Waals surface area (Å²) in [6.45, 7) is 6.75. The lowest BCUT2D eigenvalue weighted by Gasteiger charge is -2.46. The van der Waals surface area contributed by atoms with E-state index in [0.29, 0.717) is 24.3 Å². The third kappa shape index (κ3) is 2.13. The first-order chi connectivity index (χ1) is 8.75. The maximum absolute atomic E-state index is 13.5. The maximum Gasteiger partial charge on any atom is 0.247 e. The number of rotatable bonds is 1. The highest BCUT2D eigenvalue weighted by atomic mass is 19.1. The van der Waals surface area contributed by atoms with Crippen LogP contribution < -0.4 is 10.6 Å². The van der Waals surface area contributed by atoms with Crippen molar-refractivity contribution >= 4 is 17.3 Å². The summed E-state index contributed by atoms with van der Waals surface area (Å²) in [6.07, 6.45) is 0. The monoisotopic (exact) mass is 265 g/mol. The topological polar surface area (TPSA) is 49.6 Å². The summed E-state index contributed by atoms with van der Waals surface area (Å²) in [5.74, 6) is -0.278. The van der Waals surface area contributed by atoms with Crippen molar-refractivity contribution in [3.63, 3.8) is 0 Å². The number of anilines is 2. The Bertz CT molecular complexity index is 528. The summed E-state index contributed by atoms with van der Waals surface area (Å²) in [5, 5.41) is 0. The first kappa shape index (κ1) is 13.6. The first-order valence-corrected chi connectivity index (χ1v) is 6.34. The van der Waals surface area contributed by atoms with Crippen LogP contribution in [-0.4, -0.2) is 36.5 Å². The van der Waals surface area contributed by atoms with E-state index in [9.17, 15) is 9.18 Å². The van der Waals surface area contributed by atoms with E-state index in [1.54, 1.807) is 24.9 Å². The van der Waals surface area contributed by atoms with Crippen LogP contribution >= 0.6 is 0 Å². The zero-order valence-corrected chi connectivity index (χ0v) is 11.8. The number of carbonyl (C=O) groups is 1. The number of piperazine rings is 1. The van der Waals surface area contributed by atoms with E-state index >= 15 is 0 Å². The second kappa shape index (κ2) is 4.40. The van der Waals surface area contributed by atoms with Crippen LogP contribution in [0.2, 0.25) is 0 Å². The third-order valence-electron chi connectivity index (χ3n) is 3.80. The van der Waals surface area contributed by atoms with E-state index in [1.807, 2.05) is 18.7 Å². The van der Waals surface area contributed by atoms with Gasteiger partial charge in [0.25, 0.3) is 0 Å². The fraction of sp³-hybridized carbons (Fsp3) is 0.500. The summed E-state index contributed by atoms with van der Waals surface area (Å²) in [5.41, 5.74) is 6.87. The van der Waals surface area contributed by atoms with Gasteiger partial charge in [0.2, 0.25) is 5.91 Å². The molecule has 0 radical (unpaired) electrons. The van der Waals surface area contributed by atoms with Crippen LogP contribution in [0, 0.1) is 12.7 Å². The van der Waals surface area contributed by atoms with E-state index in [2.05, 4.69) is 0 Å². The SMILES string of the molecule is Cc1cc(N2CCN(C)C(=O)C2(C)C)c(N)cc1F. The molecular formula is C14H20FN3O. The molecule has 1 aliphatic rings. The third-order valence-corrected chi connectivity index (χ3v) is 3.80. The van der Waals surface area contributed by atoms with Crippen molar-refractivity contribution in [2.45, 2.75) is 26.3 Å². The first-order valence-electron chi connectivity index (χ1n) is 6.34. The van der Waals surface area contributed by atoms with Gasteiger partial charge in [0, 0.05) is 20.1 Å². The minimum absolute atomic E-state index is 0.0418. The van der Waals surface area contributed by atoms with E-state index in [4.69, 9.17) is 5.73 Å². The molecule has 0 bridgehead atoms. The summed E-state index contributed by atoms with van der Waals surface area (Å²) >= 11 is 0. The van der Waals surface area contributed by atoms with Gasteiger partial charge in [-0.2, -0.15) is 0 Å². The number of nitrogens with zero attached hydrogens (tertiary/aromatic N) is 2. The van der Waals surface area contributed by atoms with Crippen molar-refractivity contribution in [1.29, 1.82) is 0 Å². The average molecular weight is 265 g/mol. The highest BCUT2D eigenvalue weighted by Crippen LogP contribution is 2.34. The van der Waals surface area contributed by atoms with Crippen LogP contribution in [-0.2, 0) is 4.79 Å². The number of halogens is 1. The predicted molar refractivity (Wildman–Crippen MR) is 74.6 cm³/mol. The smallest absolute Gasteiger partial charge is 0.247 e. The molecule has 1 aromatic carbocycles. The van der Waals surface area contributed by atoms with Gasteiger partial charge in [0.05, 0.1) is 11.4 Å². The second-order valence-corrected chi connectivity index (χ2v) is 5.60. The molecule has 1 saturated heterocycles. The molecule has 0 saturated carbocycles. The highest BCUT2D eigenvalue weighted by Gasteiger charge is 2.41. The number of likely N-dealkylation sites (N-methyl/N-ethyl adjacent to an activating group) is 1. The van der Waals surface area contributed by atoms with Crippen LogP contribution in [0.5, 0.6) is 0 Å². The van der Waals surface area contributed by atoms with Crippen molar-refractivity contribution in [3.8, 4) is 0 Å². The lowest BCUT2D eigenvalue weighted by atomic mass is 9.96. The Morgan fingerprint density at radius 1 is 1.32 bits per heavy atom. The molecule has 0 unspecified atom stereocenters. The van der Waals surface area contributed by atoms with Gasteiger partial charge >= 0.3 is 0 Å². The van der Waals surface area contributed by atoms with Gasteiger partial charge in [0.15, 0.2) is 0 Å². The van der Waals surface area contributed by atoms with Crippen LogP contribution in [0.15, 0.2) is 12.1 Å². The molecule has 0 aliphatic carbocycles. The van der Waals surface area contributed by atoms with Crippen LogP contribution in [0.4, 0.5) is 15.8 Å². The largest absolute Gasteiger partial charge is 0.397 e. The van der Waals surface area contributed by atoms with E-state index in [-0.39, 0.29) is 11.7 Å². The van der Waals surface area contributed by atoms with Crippen molar-refractivity contribution in [2.24, 2.45) is 0 Å². The molecule has 1 fully saturated rings. The number of nitrogen functional groups attached to an aromatic ring is 1. The molecule has 1 aromatic rings. The number of hydrogen-bond acceptors (Lipinski definition) is 3. The minimum Gasteiger partial charge on any atom is -0.397 e. The number of nitrogens with two attached hydrogens (primary N) is 1. The lowest BCUT2D eigenvalue weighted by Crippen LogP contribution is -2.62. The number of hydrogen-bond donors (Lipinski definition) is 1. The molecule has 0 spiro atoms. The van der Waals surface area contributed by atoms with E-state index in [1.165, 1.54) is 6.07 Å². The standard InChI is InChI=1S/C14H20FN3O/c1-9-7-12(11(16)8-10(9)15)18-6-5-17(4)13(19)14(18,2)3/h7-8H,5-6,16H2,1-4H3. The van der Waals surface area contributed by atoms with Gasteiger partial charge in [-0.15, -0.1) is 0 Å². The normalized spacial score (nSPS) is 18.9. The molecule has 104 valence electrons. The van der Waals surface area contributed by atoms with Crippen molar-refractivity contribution in [1.82, 2.24) is 4.90 Å². The molecule has 4 nitrogen and oxygen atoms in total. The van der Waals surface area contributed by atoms with E-state index < -0.39 is 5.54 Å². The summed E-state index contributed by atoms with van der Waals surface area (Å²) in [4.78, 5) is 15.9. The van der Waals surface area contributed by atoms with Crippen molar-refractivity contribution in [2.75, 3.05) is 30.8 Å². The number of aryl methyl sites for hydroxylation is 1. The molecule has 1 aliphatic heterocycles. The van der Waals surface area contributed by atoms with Gasteiger partial charge in [-0.25, -0.2) is 4.39 Å². The van der Waals surface area contributed by atoms with Gasteiger partial charge in [-0.1, -0.05) is 0 Å². The second-order valence-electron chi connectivity index (χ2n) is 5.60. The summed E-state index contributed by atoms with van der Waals surface area (Å²) < 4.78 is 13.5. The maximum atomic E-state index is 13.5. The Hall–Kier alpha value is -1.78. The fourth-order valence-corrected chi connectivity index (χ4v) is 2.55. The lowest BCUT2D eigenvalue weighted by molar-refractivity contribution is -0.136. The molecule has 5 heteroatoms. The van der Waals surface area contributed by atoms with Gasteiger partial charge in [-0.3, -0.25) is 4.79 Å². The number of benzene rings is 1. The van der Waals surface area contributed by atoms with Gasteiger partial charge in [0.1, 0.15) is 11.4 Å². The Morgan fingerprint density at radius 2 is 1.95 bits per heavy atom. The Kier molecular flexibility index (Phi) is 3.16. The van der Waals surface area contributed by atoms with Crippen LogP contribution in [0.1, 0.15) is 19.4 Å². The summed E-state index contributed by atoms with van der Waals surface area (Å²) in [6, 6.07) is 3.04. The fourth-order valence-electron chi connectivity index (χ4n) is 2.55.